The molecule has 0 aliphatic rings. The zero-order valence-electron chi connectivity index (χ0n) is 13.6. The predicted molar refractivity (Wildman–Crippen MR) is 85.5 cm³/mol. The molecule has 23 heavy (non-hydrogen) atoms. The van der Waals surface area contributed by atoms with Gasteiger partial charge in [-0.3, -0.25) is 15.0 Å². The summed E-state index contributed by atoms with van der Waals surface area (Å²) >= 11 is 5.79. The summed E-state index contributed by atoms with van der Waals surface area (Å²) in [6.07, 6.45) is -0.302. The fourth-order valence-electron chi connectivity index (χ4n) is 1.93. The summed E-state index contributed by atoms with van der Waals surface area (Å²) in [4.78, 5) is 35.6. The maximum Gasteiger partial charge on any atom is 0.411 e. The molecule has 0 N–H and O–H groups in total. The van der Waals surface area contributed by atoms with Crippen LogP contribution in [0.25, 0.3) is 0 Å². The number of likely N-dealkylation sites (N-methyl/N-ethyl adjacent to an activating group) is 1. The number of hydrogen-bond donors (Lipinski definition) is 0. The smallest absolute Gasteiger partial charge is 0.411 e. The number of nitro benzene ring substituents is 1. The van der Waals surface area contributed by atoms with E-state index in [0.29, 0.717) is 6.29 Å². The van der Waals surface area contributed by atoms with Gasteiger partial charge >= 0.3 is 6.09 Å². The van der Waals surface area contributed by atoms with E-state index in [9.17, 15) is 19.7 Å². The molecule has 1 amide bonds. The second kappa shape index (κ2) is 6.54. The molecule has 1 unspecified atom stereocenters. The number of carbonyl (C=O) groups is 2. The lowest BCUT2D eigenvalue weighted by molar-refractivity contribution is -0.386. The van der Waals surface area contributed by atoms with E-state index < -0.39 is 22.2 Å². The van der Waals surface area contributed by atoms with Crippen molar-refractivity contribution in [3.63, 3.8) is 0 Å². The van der Waals surface area contributed by atoms with Gasteiger partial charge < -0.3 is 9.53 Å². The minimum absolute atomic E-state index is 0.0512. The average Bonchev–Trinajstić information content (AvgIpc) is 2.43. The van der Waals surface area contributed by atoms with E-state index >= 15 is 0 Å². The Morgan fingerprint density at radius 3 is 2.35 bits per heavy atom. The molecule has 0 heterocycles. The Morgan fingerprint density at radius 1 is 1.35 bits per heavy atom. The van der Waals surface area contributed by atoms with Gasteiger partial charge in [0, 0.05) is 18.1 Å². The number of nitrogens with zero attached hydrogens (tertiary/aromatic N) is 2. The fraction of sp³-hybridized carbons (Fsp3) is 0.467. The van der Waals surface area contributed by atoms with Crippen LogP contribution in [-0.2, 0) is 15.1 Å². The first-order valence-corrected chi connectivity index (χ1v) is 7.17. The molecule has 0 aliphatic carbocycles. The summed E-state index contributed by atoms with van der Waals surface area (Å²) in [6.45, 7) is 6.45. The Bertz CT molecular complexity index is 641. The van der Waals surface area contributed by atoms with Crippen LogP contribution in [0.5, 0.6) is 0 Å². The number of aldehydes is 1. The van der Waals surface area contributed by atoms with Crippen molar-refractivity contribution in [2.75, 3.05) is 7.05 Å². The molecule has 0 aliphatic heterocycles. The van der Waals surface area contributed by atoms with Gasteiger partial charge in [0.2, 0.25) is 0 Å². The molecule has 0 radical (unpaired) electrons. The first-order valence-electron chi connectivity index (χ1n) is 6.80. The third-order valence-electron chi connectivity index (χ3n) is 3.30. The van der Waals surface area contributed by atoms with E-state index in [1.807, 2.05) is 0 Å². The summed E-state index contributed by atoms with van der Waals surface area (Å²) in [7, 11) is 1.35. The Kier molecular flexibility index (Phi) is 5.37. The highest BCUT2D eigenvalue weighted by molar-refractivity contribution is 6.30. The van der Waals surface area contributed by atoms with Crippen LogP contribution in [0, 0.1) is 10.1 Å². The normalized spacial score (nSPS) is 13.8. The van der Waals surface area contributed by atoms with Crippen molar-refractivity contribution < 1.29 is 19.2 Å². The standard InChI is InChI=1S/C15H19ClN2O5/c1-14(2,3)23-13(20)17(5)15(4,9-19)11-7-6-10(16)8-12(11)18(21)22/h6-9H,1-5H3. The Hall–Kier alpha value is -2.15. The highest BCUT2D eigenvalue weighted by atomic mass is 35.5. The quantitative estimate of drug-likeness (QED) is 0.474. The molecule has 7 nitrogen and oxygen atoms in total. The molecule has 0 aromatic heterocycles. The van der Waals surface area contributed by atoms with E-state index in [1.54, 1.807) is 20.8 Å². The first kappa shape index (κ1) is 18.9. The predicted octanol–water partition coefficient (Wildman–Crippen LogP) is 3.53. The van der Waals surface area contributed by atoms with E-state index in [0.717, 1.165) is 11.0 Å². The second-order valence-corrected chi connectivity index (χ2v) is 6.66. The van der Waals surface area contributed by atoms with Gasteiger partial charge in [-0.05, 0) is 39.8 Å². The van der Waals surface area contributed by atoms with Crippen LogP contribution in [0.4, 0.5) is 10.5 Å². The highest BCUT2D eigenvalue weighted by Crippen LogP contribution is 2.35. The van der Waals surface area contributed by atoms with Gasteiger partial charge in [0.05, 0.1) is 10.5 Å². The van der Waals surface area contributed by atoms with Gasteiger partial charge in [-0.25, -0.2) is 4.79 Å². The zero-order chi connectivity index (χ0) is 18.0. The summed E-state index contributed by atoms with van der Waals surface area (Å²) in [6, 6.07) is 3.92. The molecule has 0 spiro atoms. The van der Waals surface area contributed by atoms with Crippen LogP contribution in [0.15, 0.2) is 18.2 Å². The molecule has 0 fully saturated rings. The monoisotopic (exact) mass is 342 g/mol. The fourth-order valence-corrected chi connectivity index (χ4v) is 2.09. The van der Waals surface area contributed by atoms with Crippen LogP contribution in [0.3, 0.4) is 0 Å². The van der Waals surface area contributed by atoms with E-state index in [4.69, 9.17) is 16.3 Å². The van der Waals surface area contributed by atoms with Crippen molar-refractivity contribution in [2.24, 2.45) is 0 Å². The number of benzene rings is 1. The Balaban J connectivity index is 3.37. The minimum atomic E-state index is -1.57. The molecule has 1 atom stereocenters. The number of nitro groups is 1. The minimum Gasteiger partial charge on any atom is -0.444 e. The molecular formula is C15H19ClN2O5. The molecule has 0 bridgehead atoms. The molecule has 0 saturated heterocycles. The topological polar surface area (TPSA) is 89.8 Å². The van der Waals surface area contributed by atoms with E-state index in [-0.39, 0.29) is 16.3 Å². The third-order valence-corrected chi connectivity index (χ3v) is 3.53. The van der Waals surface area contributed by atoms with Gasteiger partial charge in [-0.15, -0.1) is 0 Å². The third kappa shape index (κ3) is 4.19. The summed E-state index contributed by atoms with van der Waals surface area (Å²) in [5.74, 6) is 0. The van der Waals surface area contributed by atoms with Gasteiger partial charge in [0.25, 0.3) is 5.69 Å². The van der Waals surface area contributed by atoms with Crippen molar-refractivity contribution >= 4 is 29.7 Å². The van der Waals surface area contributed by atoms with Crippen molar-refractivity contribution in [1.82, 2.24) is 4.90 Å². The average molecular weight is 343 g/mol. The Morgan fingerprint density at radius 2 is 1.91 bits per heavy atom. The molecule has 1 aromatic rings. The number of carbonyl (C=O) groups excluding carboxylic acids is 2. The van der Waals surface area contributed by atoms with Crippen LogP contribution in [0.1, 0.15) is 33.3 Å². The molecule has 1 rings (SSSR count). The van der Waals surface area contributed by atoms with Crippen LogP contribution < -0.4 is 0 Å². The highest BCUT2D eigenvalue weighted by Gasteiger charge is 2.41. The van der Waals surface area contributed by atoms with Crippen molar-refractivity contribution in [2.45, 2.75) is 38.8 Å². The van der Waals surface area contributed by atoms with Gasteiger partial charge in [-0.1, -0.05) is 11.6 Å². The Labute approximate surface area is 139 Å². The maximum absolute atomic E-state index is 12.2. The zero-order valence-corrected chi connectivity index (χ0v) is 14.4. The SMILES string of the molecule is CN(C(=O)OC(C)(C)C)C(C)(C=O)c1ccc(Cl)cc1[N+](=O)[O-]. The second-order valence-electron chi connectivity index (χ2n) is 6.22. The lowest BCUT2D eigenvalue weighted by atomic mass is 9.90. The van der Waals surface area contributed by atoms with Gasteiger partial charge in [0.1, 0.15) is 17.4 Å². The number of ether oxygens (including phenoxy) is 1. The van der Waals surface area contributed by atoms with E-state index in [2.05, 4.69) is 0 Å². The molecule has 126 valence electrons. The van der Waals surface area contributed by atoms with Crippen LogP contribution in [0.2, 0.25) is 5.02 Å². The number of halogens is 1. The van der Waals surface area contributed by atoms with Crippen molar-refractivity contribution in [1.29, 1.82) is 0 Å². The van der Waals surface area contributed by atoms with E-state index in [1.165, 1.54) is 26.1 Å². The summed E-state index contributed by atoms with van der Waals surface area (Å²) < 4.78 is 5.23. The van der Waals surface area contributed by atoms with Gasteiger partial charge in [0.15, 0.2) is 0 Å². The van der Waals surface area contributed by atoms with Crippen LogP contribution >= 0.6 is 11.6 Å². The largest absolute Gasteiger partial charge is 0.444 e. The molecule has 8 heteroatoms. The number of rotatable bonds is 4. The van der Waals surface area contributed by atoms with Crippen molar-refractivity contribution in [3.8, 4) is 0 Å². The van der Waals surface area contributed by atoms with Crippen LogP contribution in [-0.4, -0.2) is 34.9 Å². The first-order chi connectivity index (χ1) is 10.4. The lowest BCUT2D eigenvalue weighted by Gasteiger charge is -2.35. The summed E-state index contributed by atoms with van der Waals surface area (Å²) in [5.41, 5.74) is -2.63. The number of amides is 1. The number of hydrogen-bond acceptors (Lipinski definition) is 5. The van der Waals surface area contributed by atoms with Gasteiger partial charge in [-0.2, -0.15) is 0 Å². The molecular weight excluding hydrogens is 324 g/mol. The molecule has 0 saturated carbocycles. The lowest BCUT2D eigenvalue weighted by Crippen LogP contribution is -2.48. The molecule has 1 aromatic carbocycles. The summed E-state index contributed by atoms with van der Waals surface area (Å²) in [5, 5.41) is 11.4. The maximum atomic E-state index is 12.2. The van der Waals surface area contributed by atoms with Crippen molar-refractivity contribution in [3.05, 3.63) is 38.9 Å².